The van der Waals surface area contributed by atoms with Gasteiger partial charge in [0.1, 0.15) is 17.3 Å². The topological polar surface area (TPSA) is 77.8 Å². The standard InChI is InChI=1S/C23H22FNO4/c24-16-11-9-14(10-12-16)21(27)19-20(15-5-4-8-18(26)13-15)25(23(29)22(19)28)17-6-2-1-3-7-17/h4-5,8-13,17,20,26-27H,1-3,6-7H2/b21-19-. The molecule has 2 aromatic rings. The summed E-state index contributed by atoms with van der Waals surface area (Å²) in [6.45, 7) is 0. The summed E-state index contributed by atoms with van der Waals surface area (Å²) in [5.41, 5.74) is 0.786. The number of aliphatic hydroxyl groups excluding tert-OH is 1. The third kappa shape index (κ3) is 3.50. The van der Waals surface area contributed by atoms with Crippen LogP contribution >= 0.6 is 0 Å². The molecule has 1 heterocycles. The molecule has 150 valence electrons. The molecule has 0 aromatic heterocycles. The maximum Gasteiger partial charge on any atom is 0.295 e. The fourth-order valence-corrected chi connectivity index (χ4v) is 4.37. The number of carbonyl (C=O) groups is 2. The molecule has 1 atom stereocenters. The smallest absolute Gasteiger partial charge is 0.295 e. The quantitative estimate of drug-likeness (QED) is 0.462. The van der Waals surface area contributed by atoms with Gasteiger partial charge in [0, 0.05) is 11.6 Å². The number of benzene rings is 2. The van der Waals surface area contributed by atoms with Crippen LogP contribution in [0.5, 0.6) is 5.75 Å². The Balaban J connectivity index is 1.87. The molecule has 29 heavy (non-hydrogen) atoms. The first-order valence-electron chi connectivity index (χ1n) is 9.82. The molecule has 0 bridgehead atoms. The lowest BCUT2D eigenvalue weighted by atomic mass is 9.91. The summed E-state index contributed by atoms with van der Waals surface area (Å²) in [4.78, 5) is 27.5. The number of halogens is 1. The van der Waals surface area contributed by atoms with Crippen LogP contribution in [0.3, 0.4) is 0 Å². The van der Waals surface area contributed by atoms with E-state index in [1.165, 1.54) is 36.4 Å². The summed E-state index contributed by atoms with van der Waals surface area (Å²) in [5.74, 6) is -2.19. The van der Waals surface area contributed by atoms with Crippen LogP contribution in [0.4, 0.5) is 4.39 Å². The maximum atomic E-state index is 13.3. The normalized spacial score (nSPS) is 22.2. The predicted molar refractivity (Wildman–Crippen MR) is 106 cm³/mol. The minimum atomic E-state index is -0.796. The molecule has 2 aliphatic rings. The van der Waals surface area contributed by atoms with Crippen molar-refractivity contribution in [2.75, 3.05) is 0 Å². The molecule has 1 amide bonds. The van der Waals surface area contributed by atoms with Gasteiger partial charge >= 0.3 is 0 Å². The van der Waals surface area contributed by atoms with Crippen LogP contribution < -0.4 is 0 Å². The second-order valence-electron chi connectivity index (χ2n) is 7.60. The second-order valence-corrected chi connectivity index (χ2v) is 7.60. The number of hydrogen-bond acceptors (Lipinski definition) is 4. The number of nitrogens with zero attached hydrogens (tertiary/aromatic N) is 1. The highest BCUT2D eigenvalue weighted by Gasteiger charge is 2.48. The van der Waals surface area contributed by atoms with Crippen molar-refractivity contribution in [3.05, 3.63) is 71.0 Å². The molecule has 2 fully saturated rings. The van der Waals surface area contributed by atoms with Crippen molar-refractivity contribution in [3.8, 4) is 5.75 Å². The lowest BCUT2D eigenvalue weighted by Crippen LogP contribution is -2.40. The number of phenolic OH excluding ortho intramolecular Hbond substituents is 1. The van der Waals surface area contributed by atoms with Crippen LogP contribution in [0.25, 0.3) is 5.76 Å². The number of hydrogen-bond donors (Lipinski definition) is 2. The van der Waals surface area contributed by atoms with Crippen molar-refractivity contribution in [2.45, 2.75) is 44.2 Å². The first kappa shape index (κ1) is 19.2. The Bertz CT molecular complexity index is 977. The van der Waals surface area contributed by atoms with Gasteiger partial charge in [-0.25, -0.2) is 4.39 Å². The first-order chi connectivity index (χ1) is 14.0. The lowest BCUT2D eigenvalue weighted by molar-refractivity contribution is -0.141. The minimum Gasteiger partial charge on any atom is -0.508 e. The van der Waals surface area contributed by atoms with Crippen molar-refractivity contribution in [1.82, 2.24) is 4.90 Å². The number of aliphatic hydroxyl groups is 1. The number of aromatic hydroxyl groups is 1. The number of carbonyl (C=O) groups excluding carboxylic acids is 2. The number of phenols is 1. The Hall–Kier alpha value is -3.15. The van der Waals surface area contributed by atoms with Crippen LogP contribution in [0.1, 0.15) is 49.3 Å². The Morgan fingerprint density at radius 1 is 1.00 bits per heavy atom. The summed E-state index contributed by atoms with van der Waals surface area (Å²) < 4.78 is 13.3. The third-order valence-corrected chi connectivity index (χ3v) is 5.75. The lowest BCUT2D eigenvalue weighted by Gasteiger charge is -2.35. The van der Waals surface area contributed by atoms with Gasteiger partial charge < -0.3 is 15.1 Å². The number of Topliss-reactive ketones (excluding diaryl/α,β-unsaturated/α-hetero) is 1. The molecule has 0 radical (unpaired) electrons. The number of rotatable bonds is 3. The van der Waals surface area contributed by atoms with E-state index in [1.807, 2.05) is 0 Å². The van der Waals surface area contributed by atoms with E-state index in [0.717, 1.165) is 32.1 Å². The van der Waals surface area contributed by atoms with E-state index < -0.39 is 23.5 Å². The van der Waals surface area contributed by atoms with Crippen molar-refractivity contribution in [2.24, 2.45) is 0 Å². The molecule has 5 nitrogen and oxygen atoms in total. The molecule has 2 aromatic carbocycles. The molecule has 2 N–H and O–H groups in total. The molecule has 6 heteroatoms. The summed E-state index contributed by atoms with van der Waals surface area (Å²) >= 11 is 0. The summed E-state index contributed by atoms with van der Waals surface area (Å²) in [6, 6.07) is 10.6. The van der Waals surface area contributed by atoms with Gasteiger partial charge in [-0.3, -0.25) is 9.59 Å². The Kier molecular flexibility index (Phi) is 5.09. The molecule has 1 unspecified atom stereocenters. The highest BCUT2D eigenvalue weighted by atomic mass is 19.1. The SMILES string of the molecule is O=C1C(=O)N(C2CCCCC2)C(c2cccc(O)c2)/C1=C(/O)c1ccc(F)cc1. The zero-order valence-electron chi connectivity index (χ0n) is 15.8. The van der Waals surface area contributed by atoms with Crippen LogP contribution in [0, 0.1) is 5.82 Å². The van der Waals surface area contributed by atoms with E-state index >= 15 is 0 Å². The molecular formula is C23H22FNO4. The summed E-state index contributed by atoms with van der Waals surface area (Å²) in [6.07, 6.45) is 4.61. The number of ketones is 1. The van der Waals surface area contributed by atoms with E-state index in [4.69, 9.17) is 0 Å². The van der Waals surface area contributed by atoms with Crippen LogP contribution in [-0.4, -0.2) is 32.8 Å². The highest BCUT2D eigenvalue weighted by molar-refractivity contribution is 6.46. The largest absolute Gasteiger partial charge is 0.508 e. The average Bonchev–Trinajstić information content (AvgIpc) is 2.99. The van der Waals surface area contributed by atoms with E-state index in [0.29, 0.717) is 5.56 Å². The van der Waals surface area contributed by atoms with Crippen molar-refractivity contribution < 1.29 is 24.2 Å². The van der Waals surface area contributed by atoms with Gasteiger partial charge in [0.2, 0.25) is 0 Å². The highest BCUT2D eigenvalue weighted by Crippen LogP contribution is 2.43. The fraction of sp³-hybridized carbons (Fsp3) is 0.304. The average molecular weight is 395 g/mol. The first-order valence-corrected chi connectivity index (χ1v) is 9.82. The molecule has 1 saturated heterocycles. The van der Waals surface area contributed by atoms with Gasteiger partial charge in [-0.05, 0) is 54.8 Å². The molecular weight excluding hydrogens is 373 g/mol. The van der Waals surface area contributed by atoms with Crippen LogP contribution in [0.2, 0.25) is 0 Å². The third-order valence-electron chi connectivity index (χ3n) is 5.75. The number of amides is 1. The van der Waals surface area contributed by atoms with Crippen LogP contribution in [-0.2, 0) is 9.59 Å². The zero-order valence-corrected chi connectivity index (χ0v) is 15.8. The van der Waals surface area contributed by atoms with E-state index in [-0.39, 0.29) is 28.7 Å². The Morgan fingerprint density at radius 3 is 2.34 bits per heavy atom. The van der Waals surface area contributed by atoms with Crippen molar-refractivity contribution in [3.63, 3.8) is 0 Å². The van der Waals surface area contributed by atoms with E-state index in [2.05, 4.69) is 0 Å². The maximum absolute atomic E-state index is 13.3. The van der Waals surface area contributed by atoms with E-state index in [1.54, 1.807) is 17.0 Å². The Labute approximate surface area is 168 Å². The summed E-state index contributed by atoms with van der Waals surface area (Å²) in [5, 5.41) is 20.9. The monoisotopic (exact) mass is 395 g/mol. The molecule has 1 aliphatic carbocycles. The zero-order chi connectivity index (χ0) is 20.5. The predicted octanol–water partition coefficient (Wildman–Crippen LogP) is 4.29. The number of likely N-dealkylation sites (tertiary alicyclic amines) is 1. The van der Waals surface area contributed by atoms with Gasteiger partial charge in [0.25, 0.3) is 11.7 Å². The molecule has 1 saturated carbocycles. The minimum absolute atomic E-state index is 0.0125. The van der Waals surface area contributed by atoms with Gasteiger partial charge in [0.05, 0.1) is 11.6 Å². The van der Waals surface area contributed by atoms with Gasteiger partial charge in [-0.1, -0.05) is 31.4 Å². The van der Waals surface area contributed by atoms with Crippen molar-refractivity contribution in [1.29, 1.82) is 0 Å². The molecule has 4 rings (SSSR count). The van der Waals surface area contributed by atoms with Crippen LogP contribution in [0.15, 0.2) is 54.1 Å². The molecule has 0 spiro atoms. The summed E-state index contributed by atoms with van der Waals surface area (Å²) in [7, 11) is 0. The van der Waals surface area contributed by atoms with Gasteiger partial charge in [-0.15, -0.1) is 0 Å². The van der Waals surface area contributed by atoms with Gasteiger partial charge in [0.15, 0.2) is 0 Å². The van der Waals surface area contributed by atoms with Gasteiger partial charge in [-0.2, -0.15) is 0 Å². The Morgan fingerprint density at radius 2 is 1.69 bits per heavy atom. The van der Waals surface area contributed by atoms with E-state index in [9.17, 15) is 24.2 Å². The van der Waals surface area contributed by atoms with Crippen molar-refractivity contribution >= 4 is 17.4 Å². The fourth-order valence-electron chi connectivity index (χ4n) is 4.37. The second kappa shape index (κ2) is 7.70. The molecule has 1 aliphatic heterocycles.